The summed E-state index contributed by atoms with van der Waals surface area (Å²) in [6.07, 6.45) is 0.532. The van der Waals surface area contributed by atoms with Gasteiger partial charge in [-0.25, -0.2) is 0 Å². The highest BCUT2D eigenvalue weighted by Gasteiger charge is 2.19. The summed E-state index contributed by atoms with van der Waals surface area (Å²) in [5, 5.41) is 9.86. The van der Waals surface area contributed by atoms with Gasteiger partial charge in [-0.15, -0.1) is 0 Å². The van der Waals surface area contributed by atoms with Crippen LogP contribution in [0.1, 0.15) is 26.3 Å². The monoisotopic (exact) mass is 286 g/mol. The lowest BCUT2D eigenvalue weighted by Gasteiger charge is -2.10. The molecule has 0 spiro atoms. The zero-order chi connectivity index (χ0) is 15.4. The van der Waals surface area contributed by atoms with E-state index in [1.807, 2.05) is 0 Å². The number of carbonyl (C=O) groups excluding carboxylic acids is 2. The largest absolute Gasteiger partial charge is 0.507 e. The summed E-state index contributed by atoms with van der Waals surface area (Å²) in [5.74, 6) is 0.167. The second-order valence-corrected chi connectivity index (χ2v) is 4.29. The molecule has 2 rings (SSSR count). The molecule has 0 radical (unpaired) electrons. The Labute approximate surface area is 121 Å². The molecule has 1 N–H and O–H groups in total. The van der Waals surface area contributed by atoms with Crippen LogP contribution in [0.25, 0.3) is 0 Å². The lowest BCUT2D eigenvalue weighted by atomic mass is 9.97. The normalized spacial score (nSPS) is 10.0. The molecular formula is C16H14O5. The number of ether oxygens (including phenoxy) is 2. The number of aromatic hydroxyl groups is 1. The van der Waals surface area contributed by atoms with Gasteiger partial charge >= 0.3 is 0 Å². The molecule has 0 amide bonds. The molecule has 0 aliphatic carbocycles. The fourth-order valence-electron chi connectivity index (χ4n) is 1.99. The maximum atomic E-state index is 12.6. The van der Waals surface area contributed by atoms with Gasteiger partial charge in [0.05, 0.1) is 19.8 Å². The Morgan fingerprint density at radius 3 is 2.24 bits per heavy atom. The second kappa shape index (κ2) is 6.09. The summed E-state index contributed by atoms with van der Waals surface area (Å²) in [6, 6.07) is 9.00. The molecule has 0 heterocycles. The van der Waals surface area contributed by atoms with E-state index in [0.717, 1.165) is 0 Å². The first-order valence-electron chi connectivity index (χ1n) is 6.15. The van der Waals surface area contributed by atoms with E-state index in [4.69, 9.17) is 9.47 Å². The van der Waals surface area contributed by atoms with Gasteiger partial charge in [-0.1, -0.05) is 12.1 Å². The maximum absolute atomic E-state index is 12.6. The average Bonchev–Trinajstić information content (AvgIpc) is 2.53. The van der Waals surface area contributed by atoms with Crippen molar-refractivity contribution in [2.24, 2.45) is 0 Å². The van der Waals surface area contributed by atoms with Gasteiger partial charge in [-0.3, -0.25) is 9.59 Å². The number of phenols is 1. The van der Waals surface area contributed by atoms with Crippen molar-refractivity contribution < 1.29 is 24.2 Å². The molecule has 2 aromatic rings. The topological polar surface area (TPSA) is 72.8 Å². The van der Waals surface area contributed by atoms with Gasteiger partial charge in [0, 0.05) is 17.2 Å². The molecule has 0 aliphatic heterocycles. The van der Waals surface area contributed by atoms with E-state index in [9.17, 15) is 14.7 Å². The van der Waals surface area contributed by atoms with Crippen molar-refractivity contribution >= 4 is 12.1 Å². The predicted molar refractivity (Wildman–Crippen MR) is 76.5 cm³/mol. The summed E-state index contributed by atoms with van der Waals surface area (Å²) < 4.78 is 10.2. The first-order valence-corrected chi connectivity index (χ1v) is 6.15. The molecule has 2 aromatic carbocycles. The van der Waals surface area contributed by atoms with E-state index < -0.39 is 5.78 Å². The molecule has 0 bridgehead atoms. The molecule has 0 saturated heterocycles. The maximum Gasteiger partial charge on any atom is 0.197 e. The molecule has 0 saturated carbocycles. The summed E-state index contributed by atoms with van der Waals surface area (Å²) in [7, 11) is 2.94. The zero-order valence-corrected chi connectivity index (χ0v) is 11.6. The van der Waals surface area contributed by atoms with Crippen LogP contribution in [0, 0.1) is 0 Å². The Balaban J connectivity index is 2.57. The second-order valence-electron chi connectivity index (χ2n) is 4.29. The number of methoxy groups -OCH3 is 2. The van der Waals surface area contributed by atoms with E-state index >= 15 is 0 Å². The number of ketones is 1. The number of aldehydes is 1. The van der Waals surface area contributed by atoms with E-state index in [2.05, 4.69) is 0 Å². The highest BCUT2D eigenvalue weighted by Crippen LogP contribution is 2.28. The van der Waals surface area contributed by atoms with Crippen LogP contribution in [0.2, 0.25) is 0 Å². The van der Waals surface area contributed by atoms with Crippen LogP contribution in [-0.2, 0) is 0 Å². The fourth-order valence-corrected chi connectivity index (χ4v) is 1.99. The SMILES string of the molecule is COc1cc(OC)cc(C(=O)c2c(O)cccc2C=O)c1. The van der Waals surface area contributed by atoms with E-state index in [1.54, 1.807) is 6.07 Å². The van der Waals surface area contributed by atoms with Crippen molar-refractivity contribution in [1.82, 2.24) is 0 Å². The first-order chi connectivity index (χ1) is 10.1. The highest BCUT2D eigenvalue weighted by molar-refractivity contribution is 6.14. The quantitative estimate of drug-likeness (QED) is 0.675. The molecule has 5 heteroatoms. The molecule has 0 aromatic heterocycles. The van der Waals surface area contributed by atoms with E-state index in [-0.39, 0.29) is 22.4 Å². The summed E-state index contributed by atoms with van der Waals surface area (Å²) in [5.41, 5.74) is 0.348. The Bertz CT molecular complexity index is 669. The van der Waals surface area contributed by atoms with Crippen LogP contribution in [0.4, 0.5) is 0 Å². The van der Waals surface area contributed by atoms with Crippen LogP contribution in [-0.4, -0.2) is 31.4 Å². The van der Waals surface area contributed by atoms with Gasteiger partial charge in [0.1, 0.15) is 17.2 Å². The van der Waals surface area contributed by atoms with Crippen molar-refractivity contribution in [3.05, 3.63) is 53.1 Å². The van der Waals surface area contributed by atoms with Crippen molar-refractivity contribution in [3.8, 4) is 17.2 Å². The Morgan fingerprint density at radius 1 is 1.10 bits per heavy atom. The Morgan fingerprint density at radius 2 is 1.71 bits per heavy atom. The molecule has 108 valence electrons. The third kappa shape index (κ3) is 2.86. The molecule has 0 aliphatic rings. The van der Waals surface area contributed by atoms with Crippen LogP contribution in [0.3, 0.4) is 0 Å². The number of hydrogen-bond acceptors (Lipinski definition) is 5. The number of benzene rings is 2. The Kier molecular flexibility index (Phi) is 4.23. The predicted octanol–water partition coefficient (Wildman–Crippen LogP) is 2.45. The molecule has 0 unspecified atom stereocenters. The fraction of sp³-hybridized carbons (Fsp3) is 0.125. The molecular weight excluding hydrogens is 272 g/mol. The number of carbonyl (C=O) groups is 2. The van der Waals surface area contributed by atoms with Crippen molar-refractivity contribution in [3.63, 3.8) is 0 Å². The van der Waals surface area contributed by atoms with Crippen molar-refractivity contribution in [2.75, 3.05) is 14.2 Å². The van der Waals surface area contributed by atoms with Gasteiger partial charge in [-0.2, -0.15) is 0 Å². The van der Waals surface area contributed by atoms with Crippen molar-refractivity contribution in [1.29, 1.82) is 0 Å². The minimum Gasteiger partial charge on any atom is -0.507 e. The number of rotatable bonds is 5. The summed E-state index contributed by atoms with van der Waals surface area (Å²) in [4.78, 5) is 23.6. The first kappa shape index (κ1) is 14.6. The molecule has 21 heavy (non-hydrogen) atoms. The van der Waals surface area contributed by atoms with Gasteiger partial charge in [-0.05, 0) is 18.2 Å². The minimum absolute atomic E-state index is 0.0391. The standard InChI is InChI=1S/C16H14O5/c1-20-12-6-11(7-13(8-12)21-2)16(19)15-10(9-17)4-3-5-14(15)18/h3-9,18H,1-2H3. The van der Waals surface area contributed by atoms with Gasteiger partial charge in [0.15, 0.2) is 12.1 Å². The van der Waals surface area contributed by atoms with Crippen LogP contribution in [0.5, 0.6) is 17.2 Å². The Hall–Kier alpha value is -2.82. The molecule has 0 atom stereocenters. The molecule has 0 fully saturated rings. The van der Waals surface area contributed by atoms with E-state index in [1.165, 1.54) is 44.6 Å². The number of phenolic OH excluding ortho intramolecular Hbond substituents is 1. The van der Waals surface area contributed by atoms with Gasteiger partial charge in [0.25, 0.3) is 0 Å². The van der Waals surface area contributed by atoms with Crippen LogP contribution >= 0.6 is 0 Å². The van der Waals surface area contributed by atoms with Crippen molar-refractivity contribution in [2.45, 2.75) is 0 Å². The minimum atomic E-state index is -0.479. The van der Waals surface area contributed by atoms with E-state index in [0.29, 0.717) is 17.8 Å². The lowest BCUT2D eigenvalue weighted by molar-refractivity contribution is 0.102. The zero-order valence-electron chi connectivity index (χ0n) is 11.6. The highest BCUT2D eigenvalue weighted by atomic mass is 16.5. The van der Waals surface area contributed by atoms with Gasteiger partial charge < -0.3 is 14.6 Å². The average molecular weight is 286 g/mol. The smallest absolute Gasteiger partial charge is 0.197 e. The third-order valence-corrected chi connectivity index (χ3v) is 3.04. The van der Waals surface area contributed by atoms with Gasteiger partial charge in [0.2, 0.25) is 0 Å². The molecule has 5 nitrogen and oxygen atoms in total. The number of hydrogen-bond donors (Lipinski definition) is 1. The summed E-state index contributed by atoms with van der Waals surface area (Å²) in [6.45, 7) is 0. The van der Waals surface area contributed by atoms with Crippen LogP contribution in [0.15, 0.2) is 36.4 Å². The lowest BCUT2D eigenvalue weighted by Crippen LogP contribution is -2.06. The summed E-state index contributed by atoms with van der Waals surface area (Å²) >= 11 is 0. The third-order valence-electron chi connectivity index (χ3n) is 3.04. The van der Waals surface area contributed by atoms with Crippen LogP contribution < -0.4 is 9.47 Å².